The van der Waals surface area contributed by atoms with Gasteiger partial charge in [-0.2, -0.15) is 0 Å². The Balaban J connectivity index is 0.00000280. The summed E-state index contributed by atoms with van der Waals surface area (Å²) in [7, 11) is 0. The van der Waals surface area contributed by atoms with E-state index >= 15 is 0 Å². The van der Waals surface area contributed by atoms with Gasteiger partial charge in [-0.15, -0.1) is 12.4 Å². The molecule has 1 aliphatic rings. The van der Waals surface area contributed by atoms with Crippen LogP contribution in [0.4, 0.5) is 5.69 Å². The molecule has 0 amide bonds. The number of aliphatic carboxylic acids is 1. The standard InChI is InChI=1S/C22H26N2O3.ClH/c1-18(27-21-5-3-2-4-6-21)17-23-13-15-24(16-14-23)20-10-7-19(8-11-20)9-12-22(25)26;/h2-12,18H,13-17H2,1H3,(H,25,26);1H. The number of halogens is 1. The van der Waals surface area contributed by atoms with Crippen LogP contribution < -0.4 is 9.64 Å². The number of hydrogen-bond acceptors (Lipinski definition) is 4. The molecule has 0 radical (unpaired) electrons. The number of ether oxygens (including phenoxy) is 1. The number of carbonyl (C=O) groups is 1. The van der Waals surface area contributed by atoms with Gasteiger partial charge >= 0.3 is 5.97 Å². The van der Waals surface area contributed by atoms with E-state index in [1.165, 1.54) is 5.69 Å². The van der Waals surface area contributed by atoms with Crippen LogP contribution >= 0.6 is 12.4 Å². The third kappa shape index (κ3) is 6.59. The molecule has 1 aliphatic heterocycles. The summed E-state index contributed by atoms with van der Waals surface area (Å²) in [5, 5.41) is 8.69. The topological polar surface area (TPSA) is 53.0 Å². The van der Waals surface area contributed by atoms with Crippen LogP contribution in [0.25, 0.3) is 6.08 Å². The van der Waals surface area contributed by atoms with Crippen LogP contribution in [-0.2, 0) is 4.79 Å². The highest BCUT2D eigenvalue weighted by Gasteiger charge is 2.19. The van der Waals surface area contributed by atoms with Gasteiger partial charge in [0.15, 0.2) is 0 Å². The van der Waals surface area contributed by atoms with E-state index in [9.17, 15) is 4.79 Å². The maximum absolute atomic E-state index is 10.6. The smallest absolute Gasteiger partial charge is 0.328 e. The Kier molecular flexibility index (Phi) is 8.36. The second kappa shape index (κ2) is 10.7. The molecule has 5 nitrogen and oxygen atoms in total. The maximum Gasteiger partial charge on any atom is 0.328 e. The third-order valence-electron chi connectivity index (χ3n) is 4.64. The quantitative estimate of drug-likeness (QED) is 0.714. The number of para-hydroxylation sites is 1. The molecule has 2 aromatic carbocycles. The molecule has 2 aromatic rings. The molecule has 0 spiro atoms. The highest BCUT2D eigenvalue weighted by molar-refractivity contribution is 5.85. The van der Waals surface area contributed by atoms with E-state index in [2.05, 4.69) is 28.9 Å². The SMILES string of the molecule is CC(CN1CCN(c2ccc(C=CC(=O)O)cc2)CC1)Oc1ccccc1.Cl. The molecule has 6 heteroatoms. The highest BCUT2D eigenvalue weighted by Crippen LogP contribution is 2.19. The lowest BCUT2D eigenvalue weighted by Crippen LogP contribution is -2.48. The van der Waals surface area contributed by atoms with E-state index in [4.69, 9.17) is 9.84 Å². The van der Waals surface area contributed by atoms with Crippen molar-refractivity contribution in [3.05, 3.63) is 66.2 Å². The molecule has 28 heavy (non-hydrogen) atoms. The van der Waals surface area contributed by atoms with Crippen LogP contribution in [0.2, 0.25) is 0 Å². The van der Waals surface area contributed by atoms with Crippen molar-refractivity contribution >= 4 is 30.1 Å². The fourth-order valence-corrected chi connectivity index (χ4v) is 3.28. The highest BCUT2D eigenvalue weighted by atomic mass is 35.5. The monoisotopic (exact) mass is 402 g/mol. The molecule has 3 rings (SSSR count). The lowest BCUT2D eigenvalue weighted by molar-refractivity contribution is -0.131. The summed E-state index contributed by atoms with van der Waals surface area (Å²) >= 11 is 0. The Morgan fingerprint density at radius 3 is 2.32 bits per heavy atom. The van der Waals surface area contributed by atoms with Gasteiger partial charge in [-0.1, -0.05) is 30.3 Å². The van der Waals surface area contributed by atoms with Crippen LogP contribution in [0.15, 0.2) is 60.7 Å². The van der Waals surface area contributed by atoms with Gasteiger partial charge in [0.25, 0.3) is 0 Å². The van der Waals surface area contributed by atoms with Crippen LogP contribution in [0, 0.1) is 0 Å². The molecular formula is C22H27ClN2O3. The van der Waals surface area contributed by atoms with Crippen LogP contribution in [-0.4, -0.2) is 54.8 Å². The average Bonchev–Trinajstić information content (AvgIpc) is 2.68. The van der Waals surface area contributed by atoms with E-state index in [-0.39, 0.29) is 18.5 Å². The van der Waals surface area contributed by atoms with Gasteiger partial charge in [-0.3, -0.25) is 4.90 Å². The van der Waals surface area contributed by atoms with Crippen molar-refractivity contribution < 1.29 is 14.6 Å². The summed E-state index contributed by atoms with van der Waals surface area (Å²) in [5.41, 5.74) is 2.07. The summed E-state index contributed by atoms with van der Waals surface area (Å²) in [6, 6.07) is 18.0. The van der Waals surface area contributed by atoms with Gasteiger partial charge in [-0.25, -0.2) is 4.79 Å². The number of piperazine rings is 1. The zero-order valence-corrected chi connectivity index (χ0v) is 16.8. The third-order valence-corrected chi connectivity index (χ3v) is 4.64. The van der Waals surface area contributed by atoms with E-state index in [0.717, 1.165) is 50.1 Å². The Bertz CT molecular complexity index is 757. The molecule has 0 aromatic heterocycles. The Morgan fingerprint density at radius 2 is 1.71 bits per heavy atom. The van der Waals surface area contributed by atoms with E-state index in [1.807, 2.05) is 42.5 Å². The maximum atomic E-state index is 10.6. The predicted molar refractivity (Wildman–Crippen MR) is 116 cm³/mol. The largest absolute Gasteiger partial charge is 0.489 e. The minimum Gasteiger partial charge on any atom is -0.489 e. The molecular weight excluding hydrogens is 376 g/mol. The van der Waals surface area contributed by atoms with Crippen molar-refractivity contribution in [3.8, 4) is 5.75 Å². The summed E-state index contributed by atoms with van der Waals surface area (Å²) in [4.78, 5) is 15.4. The second-order valence-electron chi connectivity index (χ2n) is 6.79. The van der Waals surface area contributed by atoms with Crippen LogP contribution in [0.5, 0.6) is 5.75 Å². The minimum absolute atomic E-state index is 0. The van der Waals surface area contributed by atoms with E-state index in [0.29, 0.717) is 0 Å². The van der Waals surface area contributed by atoms with Crippen molar-refractivity contribution in [3.63, 3.8) is 0 Å². The van der Waals surface area contributed by atoms with E-state index in [1.54, 1.807) is 6.08 Å². The number of carboxylic acid groups (broad SMARTS) is 1. The van der Waals surface area contributed by atoms with Gasteiger partial charge in [0.1, 0.15) is 11.9 Å². The molecule has 1 atom stereocenters. The molecule has 0 bridgehead atoms. The summed E-state index contributed by atoms with van der Waals surface area (Å²) in [6.45, 7) is 6.99. The zero-order valence-electron chi connectivity index (χ0n) is 16.0. The van der Waals surface area contributed by atoms with Crippen molar-refractivity contribution in [1.82, 2.24) is 4.90 Å². The average molecular weight is 403 g/mol. The van der Waals surface area contributed by atoms with Gasteiger partial charge < -0.3 is 14.7 Å². The molecule has 1 heterocycles. The number of anilines is 1. The Labute approximate surface area is 172 Å². The number of carboxylic acids is 1. The molecule has 0 aliphatic carbocycles. The first-order valence-electron chi connectivity index (χ1n) is 9.30. The molecule has 1 unspecified atom stereocenters. The number of nitrogens with zero attached hydrogens (tertiary/aromatic N) is 2. The van der Waals surface area contributed by atoms with Crippen LogP contribution in [0.1, 0.15) is 12.5 Å². The van der Waals surface area contributed by atoms with Crippen molar-refractivity contribution in [2.45, 2.75) is 13.0 Å². The minimum atomic E-state index is -0.930. The van der Waals surface area contributed by atoms with Crippen molar-refractivity contribution in [2.75, 3.05) is 37.6 Å². The predicted octanol–water partition coefficient (Wildman–Crippen LogP) is 3.80. The Hall–Kier alpha value is -2.50. The molecule has 0 saturated carbocycles. The zero-order chi connectivity index (χ0) is 19.1. The van der Waals surface area contributed by atoms with Gasteiger partial charge in [0.2, 0.25) is 0 Å². The first kappa shape index (κ1) is 21.8. The molecule has 1 N–H and O–H groups in total. The van der Waals surface area contributed by atoms with Crippen LogP contribution in [0.3, 0.4) is 0 Å². The fourth-order valence-electron chi connectivity index (χ4n) is 3.28. The number of benzene rings is 2. The Morgan fingerprint density at radius 1 is 1.07 bits per heavy atom. The molecule has 1 saturated heterocycles. The van der Waals surface area contributed by atoms with Crippen molar-refractivity contribution in [2.24, 2.45) is 0 Å². The fraction of sp³-hybridized carbons (Fsp3) is 0.318. The number of hydrogen-bond donors (Lipinski definition) is 1. The van der Waals surface area contributed by atoms with Gasteiger partial charge in [0.05, 0.1) is 0 Å². The van der Waals surface area contributed by atoms with Gasteiger partial charge in [-0.05, 0) is 42.8 Å². The second-order valence-corrected chi connectivity index (χ2v) is 6.79. The first-order chi connectivity index (χ1) is 13.1. The van der Waals surface area contributed by atoms with E-state index < -0.39 is 5.97 Å². The molecule has 1 fully saturated rings. The van der Waals surface area contributed by atoms with Gasteiger partial charge in [0, 0.05) is 44.5 Å². The number of rotatable bonds is 7. The molecule has 150 valence electrons. The lowest BCUT2D eigenvalue weighted by atomic mass is 10.1. The summed E-state index contributed by atoms with van der Waals surface area (Å²) in [5.74, 6) is -0.0126. The first-order valence-corrected chi connectivity index (χ1v) is 9.30. The summed E-state index contributed by atoms with van der Waals surface area (Å²) < 4.78 is 5.98. The van der Waals surface area contributed by atoms with Crippen molar-refractivity contribution in [1.29, 1.82) is 0 Å². The normalized spacial score (nSPS) is 15.8. The summed E-state index contributed by atoms with van der Waals surface area (Å²) in [6.07, 6.45) is 2.92. The lowest BCUT2D eigenvalue weighted by Gasteiger charge is -2.37.